The Balaban J connectivity index is 1.60. The van der Waals surface area contributed by atoms with Gasteiger partial charge in [0, 0.05) is 30.2 Å². The number of rotatable bonds is 5. The molecule has 3 rings (SSSR count). The largest absolute Gasteiger partial charge is 0.352 e. The molecular formula is C16H18N4O3S. The zero-order chi connectivity index (χ0) is 17.0. The molecule has 8 heteroatoms. The molecule has 126 valence electrons. The Morgan fingerprint density at radius 3 is 2.71 bits per heavy atom. The minimum Gasteiger partial charge on any atom is -0.352 e. The SMILES string of the molecule is O=C(NCC1CCS(=O)(=O)C1)c1cccc(Nc2ncccn2)c1. The summed E-state index contributed by atoms with van der Waals surface area (Å²) in [5.74, 6) is 0.589. The van der Waals surface area contributed by atoms with Crippen molar-refractivity contribution in [3.8, 4) is 0 Å². The first kappa shape index (κ1) is 16.4. The van der Waals surface area contributed by atoms with Crippen LogP contribution in [0.25, 0.3) is 0 Å². The van der Waals surface area contributed by atoms with E-state index in [9.17, 15) is 13.2 Å². The number of aromatic nitrogens is 2. The van der Waals surface area contributed by atoms with E-state index >= 15 is 0 Å². The monoisotopic (exact) mass is 346 g/mol. The Labute approximate surface area is 140 Å². The van der Waals surface area contributed by atoms with Gasteiger partial charge in [0.25, 0.3) is 5.91 Å². The van der Waals surface area contributed by atoms with Gasteiger partial charge in [-0.05, 0) is 36.6 Å². The standard InChI is InChI=1S/C16H18N4O3S/c21-15(19-10-12-5-8-24(22,23)11-12)13-3-1-4-14(9-13)20-16-17-6-2-7-18-16/h1-4,6-7,9,12H,5,8,10-11H2,(H,19,21)(H,17,18,20). The number of carbonyl (C=O) groups excluding carboxylic acids is 1. The predicted octanol–water partition coefficient (Wildman–Crippen LogP) is 1.38. The maximum atomic E-state index is 12.2. The molecule has 7 nitrogen and oxygen atoms in total. The lowest BCUT2D eigenvalue weighted by Crippen LogP contribution is -2.29. The molecule has 1 saturated heterocycles. The fourth-order valence-corrected chi connectivity index (χ4v) is 4.46. The average molecular weight is 346 g/mol. The summed E-state index contributed by atoms with van der Waals surface area (Å²) in [5.41, 5.74) is 1.20. The highest BCUT2D eigenvalue weighted by molar-refractivity contribution is 7.91. The first-order valence-electron chi connectivity index (χ1n) is 7.64. The topological polar surface area (TPSA) is 101 Å². The van der Waals surface area contributed by atoms with Crippen LogP contribution in [-0.4, -0.2) is 42.3 Å². The third kappa shape index (κ3) is 4.29. The summed E-state index contributed by atoms with van der Waals surface area (Å²) >= 11 is 0. The van der Waals surface area contributed by atoms with Gasteiger partial charge in [-0.25, -0.2) is 18.4 Å². The summed E-state index contributed by atoms with van der Waals surface area (Å²) in [4.78, 5) is 20.4. The second kappa shape index (κ2) is 6.96. The third-order valence-corrected chi connectivity index (χ3v) is 5.66. The van der Waals surface area contributed by atoms with Crippen molar-refractivity contribution in [1.29, 1.82) is 0 Å². The maximum absolute atomic E-state index is 12.2. The molecule has 1 aliphatic heterocycles. The smallest absolute Gasteiger partial charge is 0.251 e. The molecule has 1 atom stereocenters. The van der Waals surface area contributed by atoms with Gasteiger partial charge < -0.3 is 10.6 Å². The third-order valence-electron chi connectivity index (χ3n) is 3.82. The van der Waals surface area contributed by atoms with Crippen LogP contribution in [0.5, 0.6) is 0 Å². The van der Waals surface area contributed by atoms with Crippen LogP contribution >= 0.6 is 0 Å². The molecule has 2 N–H and O–H groups in total. The molecule has 2 heterocycles. The minimum absolute atomic E-state index is 0.00187. The summed E-state index contributed by atoms with van der Waals surface area (Å²) in [6.07, 6.45) is 3.86. The van der Waals surface area contributed by atoms with Crippen LogP contribution < -0.4 is 10.6 Å². The van der Waals surface area contributed by atoms with Gasteiger partial charge in [0.2, 0.25) is 5.95 Å². The Hall–Kier alpha value is -2.48. The zero-order valence-electron chi connectivity index (χ0n) is 13.0. The molecule has 1 fully saturated rings. The lowest BCUT2D eigenvalue weighted by molar-refractivity contribution is 0.0948. The highest BCUT2D eigenvalue weighted by atomic mass is 32.2. The number of benzene rings is 1. The van der Waals surface area contributed by atoms with Crippen LogP contribution in [0.3, 0.4) is 0 Å². The molecule has 1 aliphatic rings. The molecule has 24 heavy (non-hydrogen) atoms. The number of hydrogen-bond donors (Lipinski definition) is 2. The van der Waals surface area contributed by atoms with Crippen molar-refractivity contribution in [3.05, 3.63) is 48.3 Å². The zero-order valence-corrected chi connectivity index (χ0v) is 13.8. The lowest BCUT2D eigenvalue weighted by atomic mass is 10.1. The Kier molecular flexibility index (Phi) is 4.75. The second-order valence-electron chi connectivity index (χ2n) is 5.76. The van der Waals surface area contributed by atoms with Gasteiger partial charge in [-0.1, -0.05) is 6.07 Å². The molecule has 1 aromatic heterocycles. The van der Waals surface area contributed by atoms with E-state index in [1.54, 1.807) is 36.7 Å². The van der Waals surface area contributed by atoms with Crippen molar-refractivity contribution < 1.29 is 13.2 Å². The Morgan fingerprint density at radius 1 is 1.21 bits per heavy atom. The van der Waals surface area contributed by atoms with Crippen molar-refractivity contribution in [3.63, 3.8) is 0 Å². The normalized spacial score (nSPS) is 18.9. The van der Waals surface area contributed by atoms with Gasteiger partial charge in [0.1, 0.15) is 0 Å². The molecule has 0 bridgehead atoms. The van der Waals surface area contributed by atoms with Gasteiger partial charge >= 0.3 is 0 Å². The van der Waals surface area contributed by atoms with E-state index in [-0.39, 0.29) is 23.3 Å². The molecule has 1 amide bonds. The molecule has 0 saturated carbocycles. The molecule has 0 spiro atoms. The maximum Gasteiger partial charge on any atom is 0.251 e. The average Bonchev–Trinajstić information content (AvgIpc) is 2.93. The fraction of sp³-hybridized carbons (Fsp3) is 0.312. The van der Waals surface area contributed by atoms with Gasteiger partial charge in [-0.3, -0.25) is 4.79 Å². The molecule has 0 radical (unpaired) electrons. The highest BCUT2D eigenvalue weighted by Gasteiger charge is 2.27. The number of amides is 1. The van der Waals surface area contributed by atoms with Crippen LogP contribution in [0, 0.1) is 5.92 Å². The number of carbonyl (C=O) groups is 1. The van der Waals surface area contributed by atoms with Crippen LogP contribution in [-0.2, 0) is 9.84 Å². The highest BCUT2D eigenvalue weighted by Crippen LogP contribution is 2.18. The quantitative estimate of drug-likeness (QED) is 0.848. The molecule has 1 aromatic carbocycles. The first-order chi connectivity index (χ1) is 11.5. The first-order valence-corrected chi connectivity index (χ1v) is 9.47. The van der Waals surface area contributed by atoms with E-state index in [4.69, 9.17) is 0 Å². The number of nitrogens with zero attached hydrogens (tertiary/aromatic N) is 2. The van der Waals surface area contributed by atoms with Crippen molar-refractivity contribution in [2.75, 3.05) is 23.4 Å². The van der Waals surface area contributed by atoms with E-state index in [0.29, 0.717) is 30.2 Å². The lowest BCUT2D eigenvalue weighted by Gasteiger charge is -2.11. The van der Waals surface area contributed by atoms with Gasteiger partial charge in [-0.2, -0.15) is 0 Å². The summed E-state index contributed by atoms with van der Waals surface area (Å²) in [5, 5.41) is 5.83. The number of hydrogen-bond acceptors (Lipinski definition) is 6. The van der Waals surface area contributed by atoms with Crippen LogP contribution in [0.4, 0.5) is 11.6 Å². The summed E-state index contributed by atoms with van der Waals surface area (Å²) in [7, 11) is -2.92. The van der Waals surface area contributed by atoms with Gasteiger partial charge in [0.15, 0.2) is 9.84 Å². The Bertz CT molecular complexity index is 824. The molecule has 0 aliphatic carbocycles. The Morgan fingerprint density at radius 2 is 2.00 bits per heavy atom. The van der Waals surface area contributed by atoms with E-state index in [1.807, 2.05) is 6.07 Å². The fourth-order valence-electron chi connectivity index (χ4n) is 2.60. The minimum atomic E-state index is -2.92. The summed E-state index contributed by atoms with van der Waals surface area (Å²) in [6, 6.07) is 8.71. The van der Waals surface area contributed by atoms with Crippen molar-refractivity contribution in [1.82, 2.24) is 15.3 Å². The van der Waals surface area contributed by atoms with Gasteiger partial charge in [-0.15, -0.1) is 0 Å². The summed E-state index contributed by atoms with van der Waals surface area (Å²) < 4.78 is 22.9. The van der Waals surface area contributed by atoms with Crippen LogP contribution in [0.15, 0.2) is 42.7 Å². The van der Waals surface area contributed by atoms with Crippen LogP contribution in [0.2, 0.25) is 0 Å². The van der Waals surface area contributed by atoms with Crippen molar-refractivity contribution >= 4 is 27.4 Å². The summed E-state index contributed by atoms with van der Waals surface area (Å²) in [6.45, 7) is 0.373. The second-order valence-corrected chi connectivity index (χ2v) is 7.99. The van der Waals surface area contributed by atoms with Gasteiger partial charge in [0.05, 0.1) is 11.5 Å². The van der Waals surface area contributed by atoms with E-state index < -0.39 is 9.84 Å². The molecule has 2 aromatic rings. The van der Waals surface area contributed by atoms with E-state index in [1.165, 1.54) is 0 Å². The molecule has 1 unspecified atom stereocenters. The van der Waals surface area contributed by atoms with Crippen molar-refractivity contribution in [2.24, 2.45) is 5.92 Å². The van der Waals surface area contributed by atoms with Crippen molar-refractivity contribution in [2.45, 2.75) is 6.42 Å². The van der Waals surface area contributed by atoms with E-state index in [2.05, 4.69) is 20.6 Å². The molecular weight excluding hydrogens is 328 g/mol. The predicted molar refractivity (Wildman–Crippen MR) is 90.9 cm³/mol. The number of sulfone groups is 1. The number of anilines is 2. The van der Waals surface area contributed by atoms with E-state index in [0.717, 1.165) is 0 Å². The van der Waals surface area contributed by atoms with Crippen LogP contribution in [0.1, 0.15) is 16.8 Å². The number of nitrogens with one attached hydrogen (secondary N) is 2.